The van der Waals surface area contributed by atoms with Crippen LogP contribution in [0.1, 0.15) is 40.8 Å². The van der Waals surface area contributed by atoms with Crippen molar-refractivity contribution in [1.82, 2.24) is 4.72 Å². The van der Waals surface area contributed by atoms with Crippen LogP contribution in [0.25, 0.3) is 0 Å². The van der Waals surface area contributed by atoms with Gasteiger partial charge in [0.25, 0.3) is 0 Å². The predicted octanol–water partition coefficient (Wildman–Crippen LogP) is 4.55. The van der Waals surface area contributed by atoms with Crippen molar-refractivity contribution >= 4 is 26.0 Å². The molecule has 0 saturated carbocycles. The molecule has 2 aromatic carbocycles. The Hall–Kier alpha value is -1.17. The smallest absolute Gasteiger partial charge is 0.212 e. The lowest BCUT2D eigenvalue weighted by Crippen LogP contribution is -2.28. The molecule has 0 unspecified atom stereocenters. The van der Waals surface area contributed by atoms with Gasteiger partial charge in [-0.05, 0) is 67.6 Å². The molecule has 0 fully saturated rings. The Morgan fingerprint density at radius 3 is 2.35 bits per heavy atom. The molecule has 0 aliphatic carbocycles. The maximum Gasteiger partial charge on any atom is 0.216 e. The molecule has 2 rings (SSSR count). The van der Waals surface area contributed by atoms with Crippen LogP contribution in [-0.4, -0.2) is 8.42 Å². The van der Waals surface area contributed by atoms with Crippen molar-refractivity contribution in [2.75, 3.05) is 0 Å². The van der Waals surface area contributed by atoms with Crippen molar-refractivity contribution in [1.29, 1.82) is 0 Å². The number of hydrogen-bond donors (Lipinski definition) is 1. The van der Waals surface area contributed by atoms with E-state index in [1.807, 2.05) is 45.0 Å². The molecule has 5 heteroatoms. The van der Waals surface area contributed by atoms with Crippen LogP contribution in [0.15, 0.2) is 40.9 Å². The second-order valence-corrected chi connectivity index (χ2v) is 8.69. The van der Waals surface area contributed by atoms with Gasteiger partial charge in [0.2, 0.25) is 10.0 Å². The summed E-state index contributed by atoms with van der Waals surface area (Å²) in [5, 5.41) is 0. The Morgan fingerprint density at radius 2 is 1.70 bits per heavy atom. The number of rotatable bonds is 5. The number of sulfonamides is 1. The number of hydrogen-bond acceptors (Lipinski definition) is 2. The molecule has 1 atom stereocenters. The quantitative estimate of drug-likeness (QED) is 0.806. The first kappa shape index (κ1) is 18.2. The predicted molar refractivity (Wildman–Crippen MR) is 99.0 cm³/mol. The van der Waals surface area contributed by atoms with Gasteiger partial charge in [-0.2, -0.15) is 0 Å². The summed E-state index contributed by atoms with van der Waals surface area (Å²) in [7, 11) is -3.41. The third-order valence-corrected chi connectivity index (χ3v) is 5.87. The van der Waals surface area contributed by atoms with Gasteiger partial charge in [-0.15, -0.1) is 0 Å². The molecule has 0 radical (unpaired) electrons. The Balaban J connectivity index is 2.18. The van der Waals surface area contributed by atoms with E-state index in [-0.39, 0.29) is 11.8 Å². The lowest BCUT2D eigenvalue weighted by Gasteiger charge is -2.18. The Labute approximate surface area is 147 Å². The molecule has 0 spiro atoms. The van der Waals surface area contributed by atoms with E-state index in [9.17, 15) is 8.42 Å². The van der Waals surface area contributed by atoms with E-state index in [1.54, 1.807) is 0 Å². The van der Waals surface area contributed by atoms with Crippen molar-refractivity contribution in [2.45, 2.75) is 39.5 Å². The summed E-state index contributed by atoms with van der Waals surface area (Å²) in [6.07, 6.45) is 0. The minimum Gasteiger partial charge on any atom is -0.212 e. The van der Waals surface area contributed by atoms with Crippen LogP contribution in [-0.2, 0) is 15.8 Å². The fourth-order valence-electron chi connectivity index (χ4n) is 2.67. The zero-order valence-corrected chi connectivity index (χ0v) is 16.3. The van der Waals surface area contributed by atoms with Gasteiger partial charge >= 0.3 is 0 Å². The topological polar surface area (TPSA) is 46.2 Å². The van der Waals surface area contributed by atoms with Crippen molar-refractivity contribution in [3.05, 3.63) is 68.7 Å². The van der Waals surface area contributed by atoms with Gasteiger partial charge < -0.3 is 0 Å². The summed E-state index contributed by atoms with van der Waals surface area (Å²) in [6.45, 7) is 8.01. The van der Waals surface area contributed by atoms with Crippen LogP contribution in [0.4, 0.5) is 0 Å². The number of halogens is 1. The van der Waals surface area contributed by atoms with Crippen molar-refractivity contribution in [3.63, 3.8) is 0 Å². The average Bonchev–Trinajstić information content (AvgIpc) is 2.41. The van der Waals surface area contributed by atoms with Gasteiger partial charge in [0.15, 0.2) is 0 Å². The van der Waals surface area contributed by atoms with E-state index >= 15 is 0 Å². The van der Waals surface area contributed by atoms with Gasteiger partial charge in [-0.3, -0.25) is 0 Å². The van der Waals surface area contributed by atoms with Crippen molar-refractivity contribution < 1.29 is 8.42 Å². The van der Waals surface area contributed by atoms with Crippen LogP contribution in [0.3, 0.4) is 0 Å². The molecular formula is C18H22BrNO2S. The van der Waals surface area contributed by atoms with Gasteiger partial charge in [0.1, 0.15) is 0 Å². The molecule has 0 saturated heterocycles. The maximum atomic E-state index is 12.4. The average molecular weight is 396 g/mol. The normalized spacial score (nSPS) is 13.1. The van der Waals surface area contributed by atoms with Crippen LogP contribution in [0, 0.1) is 20.8 Å². The van der Waals surface area contributed by atoms with Crippen molar-refractivity contribution in [3.8, 4) is 0 Å². The summed E-state index contributed by atoms with van der Waals surface area (Å²) >= 11 is 3.37. The summed E-state index contributed by atoms with van der Waals surface area (Å²) in [6, 6.07) is 11.3. The van der Waals surface area contributed by atoms with E-state index in [0.717, 1.165) is 21.2 Å². The summed E-state index contributed by atoms with van der Waals surface area (Å²) < 4.78 is 28.5. The minimum atomic E-state index is -3.41. The van der Waals surface area contributed by atoms with E-state index in [2.05, 4.69) is 39.7 Å². The standard InChI is InChI=1S/C18H22BrNO2S/c1-12-8-14(3)18(9-13(12)2)15(4)20-23(21,22)11-16-6-5-7-17(19)10-16/h5-10,15,20H,11H2,1-4H3/t15-/m0/s1. The summed E-state index contributed by atoms with van der Waals surface area (Å²) in [4.78, 5) is 0. The van der Waals surface area contributed by atoms with Crippen molar-refractivity contribution in [2.24, 2.45) is 0 Å². The fraction of sp³-hybridized carbons (Fsp3) is 0.333. The van der Waals surface area contributed by atoms with Crippen LogP contribution in [0.2, 0.25) is 0 Å². The lowest BCUT2D eigenvalue weighted by molar-refractivity contribution is 0.565. The molecule has 2 aromatic rings. The highest BCUT2D eigenvalue weighted by atomic mass is 79.9. The minimum absolute atomic E-state index is 0.0271. The molecule has 23 heavy (non-hydrogen) atoms. The monoisotopic (exact) mass is 395 g/mol. The van der Waals surface area contributed by atoms with E-state index in [1.165, 1.54) is 11.1 Å². The molecule has 0 aliphatic rings. The second-order valence-electron chi connectivity index (χ2n) is 6.02. The molecule has 1 N–H and O–H groups in total. The molecule has 0 heterocycles. The zero-order valence-electron chi connectivity index (χ0n) is 13.9. The third-order valence-electron chi connectivity index (χ3n) is 3.95. The molecule has 0 amide bonds. The largest absolute Gasteiger partial charge is 0.216 e. The first-order valence-corrected chi connectivity index (χ1v) is 9.94. The maximum absolute atomic E-state index is 12.4. The van der Waals surface area contributed by atoms with Gasteiger partial charge in [-0.1, -0.05) is 40.2 Å². The number of nitrogens with one attached hydrogen (secondary N) is 1. The first-order valence-electron chi connectivity index (χ1n) is 7.50. The highest BCUT2D eigenvalue weighted by molar-refractivity contribution is 9.10. The molecule has 0 aliphatic heterocycles. The molecule has 0 aromatic heterocycles. The van der Waals surface area contributed by atoms with Crippen LogP contribution in [0.5, 0.6) is 0 Å². The SMILES string of the molecule is Cc1cc(C)c([C@H](C)NS(=O)(=O)Cc2cccc(Br)c2)cc1C. The van der Waals surface area contributed by atoms with Gasteiger partial charge in [0.05, 0.1) is 5.75 Å². The third kappa shape index (κ3) is 4.90. The molecule has 3 nitrogen and oxygen atoms in total. The zero-order chi connectivity index (χ0) is 17.2. The molecule has 0 bridgehead atoms. The Bertz CT molecular complexity index is 816. The highest BCUT2D eigenvalue weighted by Gasteiger charge is 2.18. The van der Waals surface area contributed by atoms with E-state index in [0.29, 0.717) is 0 Å². The fourth-order valence-corrected chi connectivity index (χ4v) is 4.48. The van der Waals surface area contributed by atoms with Crippen LogP contribution >= 0.6 is 15.9 Å². The van der Waals surface area contributed by atoms with E-state index in [4.69, 9.17) is 0 Å². The van der Waals surface area contributed by atoms with E-state index < -0.39 is 10.0 Å². The summed E-state index contributed by atoms with van der Waals surface area (Å²) in [5.74, 6) is -0.0271. The van der Waals surface area contributed by atoms with Gasteiger partial charge in [0, 0.05) is 10.5 Å². The highest BCUT2D eigenvalue weighted by Crippen LogP contribution is 2.23. The summed E-state index contributed by atoms with van der Waals surface area (Å²) in [5.41, 5.74) is 5.27. The number of benzene rings is 2. The lowest BCUT2D eigenvalue weighted by atomic mass is 9.97. The first-order chi connectivity index (χ1) is 10.7. The molecular weight excluding hydrogens is 374 g/mol. The second kappa shape index (κ2) is 7.16. The molecule has 124 valence electrons. The van der Waals surface area contributed by atoms with Crippen LogP contribution < -0.4 is 4.72 Å². The van der Waals surface area contributed by atoms with Gasteiger partial charge in [-0.25, -0.2) is 13.1 Å². The number of aryl methyl sites for hydroxylation is 3. The Morgan fingerprint density at radius 1 is 1.04 bits per heavy atom. The Kier molecular flexibility index (Phi) is 5.65.